The van der Waals surface area contributed by atoms with Gasteiger partial charge in [-0.05, 0) is 35.8 Å². The lowest BCUT2D eigenvalue weighted by Crippen LogP contribution is -2.50. The second kappa shape index (κ2) is 9.98. The first-order chi connectivity index (χ1) is 14.4. The first-order valence-corrected chi connectivity index (χ1v) is 10.1. The highest BCUT2D eigenvalue weighted by atomic mass is 32.1. The van der Waals surface area contributed by atoms with Gasteiger partial charge in [-0.25, -0.2) is 0 Å². The van der Waals surface area contributed by atoms with Gasteiger partial charge in [0.05, 0.1) is 12.3 Å². The van der Waals surface area contributed by atoms with Gasteiger partial charge >= 0.3 is 0 Å². The molecule has 2 aromatic rings. The molecule has 1 aliphatic rings. The quantitative estimate of drug-likeness (QED) is 0.501. The number of aryl methyl sites for hydroxylation is 1. The van der Waals surface area contributed by atoms with Gasteiger partial charge in [-0.15, -0.1) is 0 Å². The van der Waals surface area contributed by atoms with E-state index in [0.717, 1.165) is 16.7 Å². The summed E-state index contributed by atoms with van der Waals surface area (Å²) in [5.74, 6) is -1.15. The lowest BCUT2D eigenvalue weighted by molar-refractivity contribution is -0.129. The van der Waals surface area contributed by atoms with Gasteiger partial charge in [0, 0.05) is 19.5 Å². The first kappa shape index (κ1) is 21.4. The molecule has 1 fully saturated rings. The van der Waals surface area contributed by atoms with E-state index in [1.165, 1.54) is 0 Å². The molecule has 1 aliphatic heterocycles. The summed E-state index contributed by atoms with van der Waals surface area (Å²) in [4.78, 5) is 38.4. The number of hydrogen-bond donors (Lipinski definition) is 3. The average molecular weight is 425 g/mol. The number of nitrogens with zero attached hydrogens (tertiary/aromatic N) is 1. The Morgan fingerprint density at radius 2 is 1.77 bits per heavy atom. The number of nitrogens with one attached hydrogen (secondary N) is 3. The van der Waals surface area contributed by atoms with E-state index >= 15 is 0 Å². The van der Waals surface area contributed by atoms with Crippen molar-refractivity contribution in [2.45, 2.75) is 26.3 Å². The van der Waals surface area contributed by atoms with Crippen LogP contribution >= 0.6 is 12.2 Å². The summed E-state index contributed by atoms with van der Waals surface area (Å²) in [5.41, 5.74) is 7.97. The van der Waals surface area contributed by atoms with Crippen LogP contribution in [0.25, 0.3) is 0 Å². The van der Waals surface area contributed by atoms with E-state index in [-0.39, 0.29) is 35.7 Å². The van der Waals surface area contributed by atoms with Crippen LogP contribution in [0.2, 0.25) is 0 Å². The van der Waals surface area contributed by atoms with E-state index < -0.39 is 5.92 Å². The molecule has 156 valence electrons. The fraction of sp³-hybridized carbons (Fsp3) is 0.273. The molecule has 8 heteroatoms. The van der Waals surface area contributed by atoms with Crippen molar-refractivity contribution in [3.8, 4) is 0 Å². The van der Waals surface area contributed by atoms with Gasteiger partial charge in [0.25, 0.3) is 0 Å². The van der Waals surface area contributed by atoms with Gasteiger partial charge in [-0.2, -0.15) is 0 Å². The van der Waals surface area contributed by atoms with Crippen molar-refractivity contribution in [3.05, 3.63) is 71.3 Å². The Morgan fingerprint density at radius 3 is 2.50 bits per heavy atom. The fourth-order valence-corrected chi connectivity index (χ4v) is 3.47. The summed E-state index contributed by atoms with van der Waals surface area (Å²) < 4.78 is 0. The molecule has 30 heavy (non-hydrogen) atoms. The first-order valence-electron chi connectivity index (χ1n) is 9.68. The molecule has 3 N–H and O–H groups in total. The van der Waals surface area contributed by atoms with Crippen molar-refractivity contribution in [2.24, 2.45) is 5.92 Å². The molecule has 0 radical (unpaired) electrons. The summed E-state index contributed by atoms with van der Waals surface area (Å²) >= 11 is 5.07. The number of likely N-dealkylation sites (tertiary alicyclic amines) is 1. The zero-order chi connectivity index (χ0) is 21.5. The third-order valence-electron chi connectivity index (χ3n) is 4.97. The lowest BCUT2D eigenvalue weighted by atomic mass is 10.1. The number of thiocarbonyl (C=S) groups is 1. The number of hydrogen-bond acceptors (Lipinski definition) is 4. The molecule has 1 heterocycles. The standard InChI is InChI=1S/C22H24N4O3S/c1-15-7-5-6-10-17(15)11-19(27)23-22(30)25-24-21(29)18-12-20(28)26(14-18)13-16-8-3-2-4-9-16/h2-10,18H,11-14H2,1H3,(H,24,29)(H2,23,25,27,30). The molecule has 1 saturated heterocycles. The summed E-state index contributed by atoms with van der Waals surface area (Å²) in [6.07, 6.45) is 0.334. The van der Waals surface area contributed by atoms with E-state index in [9.17, 15) is 14.4 Å². The summed E-state index contributed by atoms with van der Waals surface area (Å²) in [6.45, 7) is 2.75. The van der Waals surface area contributed by atoms with Crippen LogP contribution in [0.4, 0.5) is 0 Å². The SMILES string of the molecule is Cc1ccccc1CC(=O)NC(=S)NNC(=O)C1CC(=O)N(Cc2ccccc2)C1. The Balaban J connectivity index is 1.42. The zero-order valence-electron chi connectivity index (χ0n) is 16.7. The fourth-order valence-electron chi connectivity index (χ4n) is 3.31. The van der Waals surface area contributed by atoms with Crippen LogP contribution in [0, 0.1) is 12.8 Å². The van der Waals surface area contributed by atoms with Crippen molar-refractivity contribution in [2.75, 3.05) is 6.54 Å². The van der Waals surface area contributed by atoms with Crippen LogP contribution < -0.4 is 16.2 Å². The summed E-state index contributed by atoms with van der Waals surface area (Å²) in [6, 6.07) is 17.2. The topological polar surface area (TPSA) is 90.5 Å². The monoisotopic (exact) mass is 424 g/mol. The summed E-state index contributed by atoms with van der Waals surface area (Å²) in [5, 5.41) is 2.55. The van der Waals surface area contributed by atoms with Crippen molar-refractivity contribution in [3.63, 3.8) is 0 Å². The van der Waals surface area contributed by atoms with Crippen molar-refractivity contribution in [1.29, 1.82) is 0 Å². The number of benzene rings is 2. The smallest absolute Gasteiger partial charge is 0.243 e. The molecule has 0 aliphatic carbocycles. The molecule has 0 bridgehead atoms. The van der Waals surface area contributed by atoms with Crippen LogP contribution in [0.3, 0.4) is 0 Å². The predicted molar refractivity (Wildman–Crippen MR) is 117 cm³/mol. The maximum atomic E-state index is 12.4. The maximum absolute atomic E-state index is 12.4. The van der Waals surface area contributed by atoms with Crippen molar-refractivity contribution < 1.29 is 14.4 Å². The highest BCUT2D eigenvalue weighted by Crippen LogP contribution is 2.20. The second-order valence-electron chi connectivity index (χ2n) is 7.26. The average Bonchev–Trinajstić information content (AvgIpc) is 3.09. The molecular weight excluding hydrogens is 400 g/mol. The summed E-state index contributed by atoms with van der Waals surface area (Å²) in [7, 11) is 0. The van der Waals surface area contributed by atoms with Crippen LogP contribution in [0.1, 0.15) is 23.1 Å². The molecular formula is C22H24N4O3S. The van der Waals surface area contributed by atoms with Gasteiger partial charge in [0.2, 0.25) is 17.7 Å². The van der Waals surface area contributed by atoms with Crippen LogP contribution in [-0.2, 0) is 27.3 Å². The predicted octanol–water partition coefficient (Wildman–Crippen LogP) is 1.61. The molecule has 3 rings (SSSR count). The molecule has 0 saturated carbocycles. The molecule has 7 nitrogen and oxygen atoms in total. The van der Waals surface area contributed by atoms with Crippen LogP contribution in [0.5, 0.6) is 0 Å². The minimum atomic E-state index is -0.473. The van der Waals surface area contributed by atoms with E-state index in [1.54, 1.807) is 4.90 Å². The minimum absolute atomic E-state index is 0.00685. The van der Waals surface area contributed by atoms with E-state index in [0.29, 0.717) is 13.1 Å². The van der Waals surface area contributed by atoms with Gasteiger partial charge in [-0.3, -0.25) is 25.2 Å². The molecule has 2 aromatic carbocycles. The van der Waals surface area contributed by atoms with E-state index in [2.05, 4.69) is 16.2 Å². The molecule has 1 unspecified atom stereocenters. The number of amides is 3. The number of hydrazine groups is 1. The van der Waals surface area contributed by atoms with E-state index in [4.69, 9.17) is 12.2 Å². The number of carbonyl (C=O) groups is 3. The Kier molecular flexibility index (Phi) is 7.13. The van der Waals surface area contributed by atoms with Crippen molar-refractivity contribution >= 4 is 35.1 Å². The largest absolute Gasteiger partial charge is 0.338 e. The number of rotatable bonds is 5. The van der Waals surface area contributed by atoms with Crippen LogP contribution in [0.15, 0.2) is 54.6 Å². The maximum Gasteiger partial charge on any atom is 0.243 e. The van der Waals surface area contributed by atoms with Gasteiger partial charge in [0.1, 0.15) is 0 Å². The van der Waals surface area contributed by atoms with E-state index in [1.807, 2.05) is 61.5 Å². The Labute approximate surface area is 180 Å². The second-order valence-corrected chi connectivity index (χ2v) is 7.66. The van der Waals surface area contributed by atoms with Gasteiger partial charge in [0.15, 0.2) is 5.11 Å². The number of carbonyl (C=O) groups excluding carboxylic acids is 3. The Bertz CT molecular complexity index is 948. The molecule has 0 aromatic heterocycles. The lowest BCUT2D eigenvalue weighted by Gasteiger charge is -2.17. The molecule has 3 amide bonds. The van der Waals surface area contributed by atoms with Crippen LogP contribution in [-0.4, -0.2) is 34.3 Å². The minimum Gasteiger partial charge on any atom is -0.338 e. The molecule has 0 spiro atoms. The normalized spacial score (nSPS) is 15.6. The van der Waals surface area contributed by atoms with Gasteiger partial charge in [-0.1, -0.05) is 54.6 Å². The third-order valence-corrected chi connectivity index (χ3v) is 5.17. The Hall–Kier alpha value is -3.26. The highest BCUT2D eigenvalue weighted by Gasteiger charge is 2.34. The molecule has 1 atom stereocenters. The van der Waals surface area contributed by atoms with Crippen molar-refractivity contribution in [1.82, 2.24) is 21.1 Å². The van der Waals surface area contributed by atoms with Gasteiger partial charge < -0.3 is 10.2 Å². The Morgan fingerprint density at radius 1 is 1.07 bits per heavy atom. The third kappa shape index (κ3) is 5.87. The highest BCUT2D eigenvalue weighted by molar-refractivity contribution is 7.80. The zero-order valence-corrected chi connectivity index (χ0v) is 17.5.